The summed E-state index contributed by atoms with van der Waals surface area (Å²) in [5, 5.41) is 13.9. The molecule has 0 amide bonds. The summed E-state index contributed by atoms with van der Waals surface area (Å²) in [5.74, 6) is -0.153. The Kier molecular flexibility index (Phi) is 5.02. The zero-order valence-electron chi connectivity index (χ0n) is 12.0. The minimum absolute atomic E-state index is 0.0172. The van der Waals surface area contributed by atoms with E-state index in [2.05, 4.69) is 10.3 Å². The molecule has 114 valence electrons. The van der Waals surface area contributed by atoms with E-state index in [0.29, 0.717) is 16.9 Å². The maximum absolute atomic E-state index is 11.8. The number of para-hydroxylation sites is 1. The second-order valence-electron chi connectivity index (χ2n) is 4.36. The predicted octanol–water partition coefficient (Wildman–Crippen LogP) is 2.78. The van der Waals surface area contributed by atoms with E-state index in [1.807, 2.05) is 0 Å². The number of carbonyl (C=O) groups excluding carboxylic acids is 1. The van der Waals surface area contributed by atoms with Crippen molar-refractivity contribution >= 4 is 17.5 Å². The molecule has 2 aromatic rings. The number of aromatic nitrogens is 1. The molecule has 0 saturated heterocycles. The van der Waals surface area contributed by atoms with E-state index < -0.39 is 10.9 Å². The van der Waals surface area contributed by atoms with Crippen molar-refractivity contribution in [1.82, 2.24) is 4.98 Å². The summed E-state index contributed by atoms with van der Waals surface area (Å²) < 4.78 is 4.96. The summed E-state index contributed by atoms with van der Waals surface area (Å²) in [7, 11) is 0. The second kappa shape index (κ2) is 7.16. The molecule has 1 aromatic carbocycles. The van der Waals surface area contributed by atoms with E-state index in [4.69, 9.17) is 4.74 Å². The number of hydrogen-bond donors (Lipinski definition) is 1. The van der Waals surface area contributed by atoms with Crippen molar-refractivity contribution in [2.75, 3.05) is 11.9 Å². The van der Waals surface area contributed by atoms with E-state index in [9.17, 15) is 14.9 Å². The standard InChI is InChI=1S/C15H15N3O4/c1-2-22-15(19)12-7-5-9-16-14(12)17-10-11-6-3-4-8-13(11)18(20)21/h3-9H,2,10H2,1H3,(H,16,17). The van der Waals surface area contributed by atoms with Gasteiger partial charge in [0.25, 0.3) is 5.69 Å². The highest BCUT2D eigenvalue weighted by molar-refractivity contribution is 5.94. The van der Waals surface area contributed by atoms with Gasteiger partial charge in [-0.15, -0.1) is 0 Å². The molecule has 1 heterocycles. The van der Waals surface area contributed by atoms with E-state index in [-0.39, 0.29) is 18.8 Å². The zero-order valence-corrected chi connectivity index (χ0v) is 12.0. The molecule has 1 aromatic heterocycles. The molecule has 2 rings (SSSR count). The third kappa shape index (κ3) is 3.57. The minimum atomic E-state index is -0.485. The number of nitrogens with one attached hydrogen (secondary N) is 1. The van der Waals surface area contributed by atoms with Crippen LogP contribution >= 0.6 is 0 Å². The highest BCUT2D eigenvalue weighted by Gasteiger charge is 2.15. The lowest BCUT2D eigenvalue weighted by molar-refractivity contribution is -0.385. The minimum Gasteiger partial charge on any atom is -0.462 e. The summed E-state index contributed by atoms with van der Waals surface area (Å²) in [4.78, 5) is 26.5. The van der Waals surface area contributed by atoms with Gasteiger partial charge in [0.1, 0.15) is 11.4 Å². The smallest absolute Gasteiger partial charge is 0.341 e. The molecular formula is C15H15N3O4. The Morgan fingerprint density at radius 1 is 1.32 bits per heavy atom. The Balaban J connectivity index is 2.19. The molecule has 0 unspecified atom stereocenters. The third-order valence-electron chi connectivity index (χ3n) is 2.94. The van der Waals surface area contributed by atoms with E-state index >= 15 is 0 Å². The molecule has 1 N–H and O–H groups in total. The number of nitrogens with zero attached hydrogens (tertiary/aromatic N) is 2. The maximum Gasteiger partial charge on any atom is 0.341 e. The summed E-state index contributed by atoms with van der Waals surface area (Å²) in [6.45, 7) is 2.16. The first kappa shape index (κ1) is 15.4. The Labute approximate surface area is 127 Å². The quantitative estimate of drug-likeness (QED) is 0.501. The number of esters is 1. The SMILES string of the molecule is CCOC(=O)c1cccnc1NCc1ccccc1[N+](=O)[O-]. The van der Waals surface area contributed by atoms with Gasteiger partial charge in [-0.2, -0.15) is 0 Å². The molecule has 0 spiro atoms. The molecule has 0 saturated carbocycles. The van der Waals surface area contributed by atoms with Crippen LogP contribution in [0, 0.1) is 10.1 Å². The molecule has 0 atom stereocenters. The normalized spacial score (nSPS) is 10.0. The van der Waals surface area contributed by atoms with Gasteiger partial charge in [-0.1, -0.05) is 18.2 Å². The second-order valence-corrected chi connectivity index (χ2v) is 4.36. The van der Waals surface area contributed by atoms with E-state index in [0.717, 1.165) is 0 Å². The number of ether oxygens (including phenoxy) is 1. The molecule has 22 heavy (non-hydrogen) atoms. The summed E-state index contributed by atoms with van der Waals surface area (Å²) in [6, 6.07) is 9.62. The van der Waals surface area contributed by atoms with Crippen LogP contribution in [0.3, 0.4) is 0 Å². The summed E-state index contributed by atoms with van der Waals surface area (Å²) in [6.07, 6.45) is 1.53. The van der Waals surface area contributed by atoms with Crippen LogP contribution in [0.5, 0.6) is 0 Å². The Morgan fingerprint density at radius 2 is 2.09 bits per heavy atom. The fraction of sp³-hybridized carbons (Fsp3) is 0.200. The molecule has 7 nitrogen and oxygen atoms in total. The van der Waals surface area contributed by atoms with Crippen molar-refractivity contribution in [1.29, 1.82) is 0 Å². The average Bonchev–Trinajstić information content (AvgIpc) is 2.53. The summed E-state index contributed by atoms with van der Waals surface area (Å²) in [5.41, 5.74) is 0.819. The lowest BCUT2D eigenvalue weighted by Gasteiger charge is -2.10. The molecular weight excluding hydrogens is 286 g/mol. The number of carbonyl (C=O) groups is 1. The molecule has 0 aliphatic rings. The van der Waals surface area contributed by atoms with Crippen LogP contribution in [0.4, 0.5) is 11.5 Å². The van der Waals surface area contributed by atoms with Crippen molar-refractivity contribution in [2.24, 2.45) is 0 Å². The monoisotopic (exact) mass is 301 g/mol. The van der Waals surface area contributed by atoms with Crippen LogP contribution in [0.1, 0.15) is 22.8 Å². The van der Waals surface area contributed by atoms with Crippen LogP contribution in [0.15, 0.2) is 42.6 Å². The number of anilines is 1. The average molecular weight is 301 g/mol. The number of pyridine rings is 1. The van der Waals surface area contributed by atoms with Gasteiger partial charge in [0.05, 0.1) is 11.5 Å². The lowest BCUT2D eigenvalue weighted by atomic mass is 10.1. The summed E-state index contributed by atoms with van der Waals surface area (Å²) >= 11 is 0. The van der Waals surface area contributed by atoms with Gasteiger partial charge >= 0.3 is 5.97 Å². The highest BCUT2D eigenvalue weighted by Crippen LogP contribution is 2.20. The molecule has 0 aliphatic heterocycles. The van der Waals surface area contributed by atoms with Crippen LogP contribution in [-0.2, 0) is 11.3 Å². The van der Waals surface area contributed by atoms with Gasteiger partial charge in [0.15, 0.2) is 0 Å². The molecule has 0 fully saturated rings. The number of benzene rings is 1. The topological polar surface area (TPSA) is 94.4 Å². The fourth-order valence-electron chi connectivity index (χ4n) is 1.94. The molecule has 7 heteroatoms. The molecule has 0 aliphatic carbocycles. The number of rotatable bonds is 6. The van der Waals surface area contributed by atoms with Gasteiger partial charge in [-0.05, 0) is 19.1 Å². The van der Waals surface area contributed by atoms with Gasteiger partial charge < -0.3 is 10.1 Å². The van der Waals surface area contributed by atoms with Crippen molar-refractivity contribution < 1.29 is 14.5 Å². The van der Waals surface area contributed by atoms with Crippen LogP contribution in [0.2, 0.25) is 0 Å². The fourth-order valence-corrected chi connectivity index (χ4v) is 1.94. The van der Waals surface area contributed by atoms with Gasteiger partial charge in [-0.25, -0.2) is 9.78 Å². The van der Waals surface area contributed by atoms with Crippen molar-refractivity contribution in [2.45, 2.75) is 13.5 Å². The highest BCUT2D eigenvalue weighted by atomic mass is 16.6. The van der Waals surface area contributed by atoms with E-state index in [1.54, 1.807) is 37.3 Å². The van der Waals surface area contributed by atoms with Crippen molar-refractivity contribution in [3.05, 3.63) is 63.8 Å². The predicted molar refractivity (Wildman–Crippen MR) is 80.6 cm³/mol. The number of nitro groups is 1. The lowest BCUT2D eigenvalue weighted by Crippen LogP contribution is -2.11. The van der Waals surface area contributed by atoms with E-state index in [1.165, 1.54) is 12.3 Å². The first-order chi connectivity index (χ1) is 10.6. The Bertz CT molecular complexity index is 688. The van der Waals surface area contributed by atoms with Gasteiger partial charge in [0.2, 0.25) is 0 Å². The van der Waals surface area contributed by atoms with Crippen LogP contribution in [-0.4, -0.2) is 22.5 Å². The van der Waals surface area contributed by atoms with Crippen LogP contribution in [0.25, 0.3) is 0 Å². The molecule has 0 radical (unpaired) electrons. The Morgan fingerprint density at radius 3 is 2.82 bits per heavy atom. The maximum atomic E-state index is 11.8. The van der Waals surface area contributed by atoms with Gasteiger partial charge in [0, 0.05) is 24.4 Å². The van der Waals surface area contributed by atoms with Crippen molar-refractivity contribution in [3.8, 4) is 0 Å². The number of hydrogen-bond acceptors (Lipinski definition) is 6. The molecule has 0 bridgehead atoms. The first-order valence-electron chi connectivity index (χ1n) is 6.71. The third-order valence-corrected chi connectivity index (χ3v) is 2.94. The van der Waals surface area contributed by atoms with Gasteiger partial charge in [-0.3, -0.25) is 10.1 Å². The largest absolute Gasteiger partial charge is 0.462 e. The van der Waals surface area contributed by atoms with Crippen molar-refractivity contribution in [3.63, 3.8) is 0 Å². The Hall–Kier alpha value is -2.96. The first-order valence-corrected chi connectivity index (χ1v) is 6.71. The zero-order chi connectivity index (χ0) is 15.9. The van der Waals surface area contributed by atoms with Crippen LogP contribution < -0.4 is 5.32 Å². The number of nitro benzene ring substituents is 1.